The second kappa shape index (κ2) is 10.1. The van der Waals surface area contributed by atoms with Crippen LogP contribution in [0.3, 0.4) is 0 Å². The van der Waals surface area contributed by atoms with Crippen LogP contribution in [0.25, 0.3) is 0 Å². The SMILES string of the molecule is C=[C-]C.[Rh]. The number of hydrogen-bond acceptors (Lipinski definition) is 0. The molecule has 0 heterocycles. The molecule has 4 heavy (non-hydrogen) atoms. The maximum atomic E-state index is 3.24. The smallest absolute Gasteiger partial charge is 0 e. The Morgan fingerprint density at radius 3 is 1.75 bits per heavy atom. The molecule has 0 aromatic carbocycles. The van der Waals surface area contributed by atoms with Gasteiger partial charge in [0, 0.05) is 19.5 Å². The van der Waals surface area contributed by atoms with Crippen LogP contribution in [0.15, 0.2) is 6.58 Å². The van der Waals surface area contributed by atoms with E-state index in [9.17, 15) is 0 Å². The molecule has 0 aromatic rings. The molecule has 1 radical (unpaired) electrons. The molecule has 0 spiro atoms. The van der Waals surface area contributed by atoms with E-state index in [2.05, 4.69) is 12.7 Å². The minimum absolute atomic E-state index is 0. The van der Waals surface area contributed by atoms with E-state index in [1.807, 2.05) is 0 Å². The van der Waals surface area contributed by atoms with Gasteiger partial charge in [-0.25, -0.2) is 0 Å². The summed E-state index contributed by atoms with van der Waals surface area (Å²) in [5.74, 6) is 0. The third kappa shape index (κ3) is 33.3. The number of allylic oxidation sites excluding steroid dienone is 1. The molecule has 0 unspecified atom stereocenters. The molecule has 1 heteroatoms. The van der Waals surface area contributed by atoms with Crippen molar-refractivity contribution in [3.63, 3.8) is 0 Å². The van der Waals surface area contributed by atoms with Crippen LogP contribution >= 0.6 is 0 Å². The Balaban J connectivity index is 0. The third-order valence-electron chi connectivity index (χ3n) is 0. The first kappa shape index (κ1) is 8.84. The zero-order valence-electron chi connectivity index (χ0n) is 2.54. The first-order chi connectivity index (χ1) is 1.41. The predicted molar refractivity (Wildman–Crippen MR) is 14.5 cm³/mol. The summed E-state index contributed by atoms with van der Waals surface area (Å²) in [6.07, 6.45) is 2.50. The number of hydrogen-bond donors (Lipinski definition) is 0. The van der Waals surface area contributed by atoms with Gasteiger partial charge in [0.2, 0.25) is 0 Å². The Morgan fingerprint density at radius 1 is 1.75 bits per heavy atom. The summed E-state index contributed by atoms with van der Waals surface area (Å²) in [5, 5.41) is 0. The van der Waals surface area contributed by atoms with E-state index in [0.717, 1.165) is 0 Å². The van der Waals surface area contributed by atoms with Gasteiger partial charge in [0.15, 0.2) is 0 Å². The summed E-state index contributed by atoms with van der Waals surface area (Å²) in [7, 11) is 0. The van der Waals surface area contributed by atoms with Crippen molar-refractivity contribution in [3.8, 4) is 0 Å². The van der Waals surface area contributed by atoms with E-state index in [1.165, 1.54) is 0 Å². The molecule has 0 aliphatic rings. The largest absolute Gasteiger partial charge is 0.507 e. The quantitative estimate of drug-likeness (QED) is 0.351. The van der Waals surface area contributed by atoms with Crippen molar-refractivity contribution in [2.24, 2.45) is 0 Å². The van der Waals surface area contributed by atoms with Gasteiger partial charge in [-0.15, -0.1) is 0 Å². The fourth-order valence-corrected chi connectivity index (χ4v) is 0. The Labute approximate surface area is 39.7 Å². The summed E-state index contributed by atoms with van der Waals surface area (Å²) in [6.45, 7) is 5.00. The molecule has 0 aliphatic heterocycles. The van der Waals surface area contributed by atoms with Crippen molar-refractivity contribution >= 4 is 0 Å². The van der Waals surface area contributed by atoms with Gasteiger partial charge in [0.05, 0.1) is 0 Å². The summed E-state index contributed by atoms with van der Waals surface area (Å²) in [5.41, 5.74) is 0. The van der Waals surface area contributed by atoms with Gasteiger partial charge >= 0.3 is 0 Å². The van der Waals surface area contributed by atoms with Crippen molar-refractivity contribution in [1.29, 1.82) is 0 Å². The summed E-state index contributed by atoms with van der Waals surface area (Å²) in [4.78, 5) is 0. The first-order valence-corrected chi connectivity index (χ1v) is 0.854. The van der Waals surface area contributed by atoms with Gasteiger partial charge in [0.1, 0.15) is 0 Å². The molecule has 0 N–H and O–H groups in total. The summed E-state index contributed by atoms with van der Waals surface area (Å²) in [6, 6.07) is 0. The van der Waals surface area contributed by atoms with Gasteiger partial charge < -0.3 is 6.08 Å². The standard InChI is InChI=1S/C3H5.Rh/c1-3-2;/h1H2,2H3;/q-1;. The Bertz CT molecular complexity index is 10.8. The minimum atomic E-state index is 0. The van der Waals surface area contributed by atoms with E-state index < -0.39 is 0 Å². The van der Waals surface area contributed by atoms with E-state index in [1.54, 1.807) is 6.92 Å². The molecule has 0 aromatic heterocycles. The van der Waals surface area contributed by atoms with Crippen LogP contribution in [0.4, 0.5) is 0 Å². The van der Waals surface area contributed by atoms with E-state index in [-0.39, 0.29) is 19.5 Å². The molecule has 0 atom stereocenters. The molecule has 0 bridgehead atoms. The Hall–Kier alpha value is 0.363. The molecule has 0 saturated heterocycles. The zero-order valence-corrected chi connectivity index (χ0v) is 4.18. The molecular formula is C3H5Rh-. The van der Waals surface area contributed by atoms with Crippen LogP contribution in [0.5, 0.6) is 0 Å². The monoisotopic (exact) mass is 144 g/mol. The molecule has 0 saturated carbocycles. The minimum Gasteiger partial charge on any atom is -0.507 e. The maximum Gasteiger partial charge on any atom is 0 e. The van der Waals surface area contributed by atoms with Crippen molar-refractivity contribution in [2.75, 3.05) is 0 Å². The van der Waals surface area contributed by atoms with Gasteiger partial charge in [-0.2, -0.15) is 6.92 Å². The van der Waals surface area contributed by atoms with Gasteiger partial charge in [0.25, 0.3) is 0 Å². The Morgan fingerprint density at radius 2 is 1.75 bits per heavy atom. The van der Waals surface area contributed by atoms with E-state index in [0.29, 0.717) is 0 Å². The zero-order chi connectivity index (χ0) is 2.71. The van der Waals surface area contributed by atoms with Crippen molar-refractivity contribution in [3.05, 3.63) is 12.7 Å². The van der Waals surface area contributed by atoms with Crippen LogP contribution in [-0.4, -0.2) is 0 Å². The van der Waals surface area contributed by atoms with Gasteiger partial charge in [-0.05, 0) is 0 Å². The van der Waals surface area contributed by atoms with E-state index >= 15 is 0 Å². The molecule has 27 valence electrons. The summed E-state index contributed by atoms with van der Waals surface area (Å²) >= 11 is 0. The van der Waals surface area contributed by atoms with Crippen LogP contribution in [0, 0.1) is 6.08 Å². The molecular weight excluding hydrogens is 139 g/mol. The first-order valence-electron chi connectivity index (χ1n) is 0.854. The average molecular weight is 144 g/mol. The van der Waals surface area contributed by atoms with Gasteiger partial charge in [-0.3, -0.25) is 6.58 Å². The normalized spacial score (nSPS) is 3.25. The fourth-order valence-electron chi connectivity index (χ4n) is 0. The van der Waals surface area contributed by atoms with Crippen LogP contribution in [0.1, 0.15) is 6.92 Å². The van der Waals surface area contributed by atoms with Crippen molar-refractivity contribution < 1.29 is 19.5 Å². The molecule has 0 fully saturated rings. The molecule has 0 aliphatic carbocycles. The van der Waals surface area contributed by atoms with E-state index in [4.69, 9.17) is 0 Å². The molecule has 0 amide bonds. The van der Waals surface area contributed by atoms with Crippen molar-refractivity contribution in [1.82, 2.24) is 0 Å². The second-order valence-corrected chi connectivity index (χ2v) is 0.354. The molecule has 0 nitrogen and oxygen atoms in total. The fraction of sp³-hybridized carbons (Fsp3) is 0.333. The average Bonchev–Trinajstić information content (AvgIpc) is 0.918. The molecule has 0 rings (SSSR count). The topological polar surface area (TPSA) is 0 Å². The van der Waals surface area contributed by atoms with Crippen molar-refractivity contribution in [2.45, 2.75) is 6.92 Å². The van der Waals surface area contributed by atoms with Crippen LogP contribution < -0.4 is 0 Å². The number of rotatable bonds is 0. The summed E-state index contributed by atoms with van der Waals surface area (Å²) < 4.78 is 0. The third-order valence-corrected chi connectivity index (χ3v) is 0. The van der Waals surface area contributed by atoms with Crippen LogP contribution in [-0.2, 0) is 19.5 Å². The van der Waals surface area contributed by atoms with Crippen LogP contribution in [0.2, 0.25) is 0 Å². The Kier molecular flexibility index (Phi) is 22.3. The predicted octanol–water partition coefficient (Wildman–Crippen LogP) is 0.993. The van der Waals surface area contributed by atoms with Gasteiger partial charge in [-0.1, -0.05) is 0 Å². The second-order valence-electron chi connectivity index (χ2n) is 0.354. The maximum absolute atomic E-state index is 3.24.